The number of rotatable bonds is 5. The third kappa shape index (κ3) is 3.79. The summed E-state index contributed by atoms with van der Waals surface area (Å²) in [6.07, 6.45) is 1.39. The second-order valence-electron chi connectivity index (χ2n) is 4.32. The molecule has 2 rings (SSSR count). The number of hydrogen-bond acceptors (Lipinski definition) is 5. The predicted molar refractivity (Wildman–Crippen MR) is 79.0 cm³/mol. The van der Waals surface area contributed by atoms with Crippen molar-refractivity contribution in [1.82, 2.24) is 0 Å². The van der Waals surface area contributed by atoms with Gasteiger partial charge < -0.3 is 9.57 Å². The van der Waals surface area contributed by atoms with Gasteiger partial charge in [-0.2, -0.15) is 0 Å². The van der Waals surface area contributed by atoms with Crippen LogP contribution in [0.5, 0.6) is 11.5 Å². The van der Waals surface area contributed by atoms with Crippen LogP contribution in [0, 0.1) is 17.0 Å². The van der Waals surface area contributed by atoms with Crippen molar-refractivity contribution in [3.8, 4) is 11.5 Å². The Kier molecular flexibility index (Phi) is 4.50. The zero-order valence-corrected chi connectivity index (χ0v) is 11.6. The molecule has 0 N–H and O–H groups in total. The maximum atomic E-state index is 11.1. The molecule has 0 spiro atoms. The minimum Gasteiger partial charge on any atom is -0.450 e. The molecule has 0 aliphatic heterocycles. The molecule has 108 valence electrons. The monoisotopic (exact) mass is 286 g/mol. The first-order valence-electron chi connectivity index (χ1n) is 6.19. The maximum Gasteiger partial charge on any atom is 0.312 e. The largest absolute Gasteiger partial charge is 0.450 e. The lowest BCUT2D eigenvalue weighted by Crippen LogP contribution is -1.95. The van der Waals surface area contributed by atoms with Gasteiger partial charge in [0.2, 0.25) is 5.75 Å². The highest BCUT2D eigenvalue weighted by molar-refractivity contribution is 5.81. The highest BCUT2D eigenvalue weighted by atomic mass is 16.6. The number of oxime groups is 1. The molecule has 0 amide bonds. The average Bonchev–Trinajstić information content (AvgIpc) is 2.48. The third-order valence-corrected chi connectivity index (χ3v) is 2.74. The molecule has 21 heavy (non-hydrogen) atoms. The lowest BCUT2D eigenvalue weighted by molar-refractivity contribution is -0.385. The van der Waals surface area contributed by atoms with Gasteiger partial charge in [-0.3, -0.25) is 10.1 Å². The molecular weight excluding hydrogens is 272 g/mol. The van der Waals surface area contributed by atoms with Gasteiger partial charge >= 0.3 is 5.69 Å². The van der Waals surface area contributed by atoms with E-state index in [9.17, 15) is 10.1 Å². The van der Waals surface area contributed by atoms with E-state index in [1.165, 1.54) is 25.5 Å². The molecule has 0 aliphatic carbocycles. The molecule has 6 nitrogen and oxygen atoms in total. The van der Waals surface area contributed by atoms with Crippen LogP contribution in [0.3, 0.4) is 0 Å². The molecule has 0 saturated heterocycles. The van der Waals surface area contributed by atoms with Crippen LogP contribution in [-0.4, -0.2) is 18.2 Å². The van der Waals surface area contributed by atoms with Gasteiger partial charge in [0, 0.05) is 11.6 Å². The fourth-order valence-electron chi connectivity index (χ4n) is 1.69. The van der Waals surface area contributed by atoms with E-state index in [-0.39, 0.29) is 11.4 Å². The lowest BCUT2D eigenvalue weighted by Gasteiger charge is -2.07. The van der Waals surface area contributed by atoms with E-state index >= 15 is 0 Å². The fourth-order valence-corrected chi connectivity index (χ4v) is 1.69. The van der Waals surface area contributed by atoms with Crippen LogP contribution in [0.2, 0.25) is 0 Å². The third-order valence-electron chi connectivity index (χ3n) is 2.74. The van der Waals surface area contributed by atoms with Gasteiger partial charge in [-0.05, 0) is 31.2 Å². The maximum absolute atomic E-state index is 11.1. The molecule has 0 aliphatic rings. The lowest BCUT2D eigenvalue weighted by atomic mass is 10.2. The standard InChI is InChI=1S/C15H14N2O4/c1-11-3-6-13(7-4-11)21-15-8-5-12(10-16-20-2)9-14(15)17(18)19/h3-10H,1-2H3. The molecule has 0 fully saturated rings. The van der Waals surface area contributed by atoms with E-state index in [0.29, 0.717) is 11.3 Å². The van der Waals surface area contributed by atoms with E-state index < -0.39 is 4.92 Å². The first-order chi connectivity index (χ1) is 10.1. The van der Waals surface area contributed by atoms with Crippen molar-refractivity contribution >= 4 is 11.9 Å². The summed E-state index contributed by atoms with van der Waals surface area (Å²) < 4.78 is 5.57. The minimum atomic E-state index is -0.492. The van der Waals surface area contributed by atoms with Crippen molar-refractivity contribution in [2.24, 2.45) is 5.16 Å². The summed E-state index contributed by atoms with van der Waals surface area (Å²) in [5.41, 5.74) is 1.51. The summed E-state index contributed by atoms with van der Waals surface area (Å²) in [6.45, 7) is 1.95. The van der Waals surface area contributed by atoms with Gasteiger partial charge in [-0.1, -0.05) is 22.9 Å². The molecule has 0 aromatic heterocycles. The van der Waals surface area contributed by atoms with E-state index in [4.69, 9.17) is 4.74 Å². The molecule has 0 radical (unpaired) electrons. The summed E-state index contributed by atoms with van der Waals surface area (Å²) >= 11 is 0. The average molecular weight is 286 g/mol. The van der Waals surface area contributed by atoms with E-state index in [1.54, 1.807) is 18.2 Å². The normalized spacial score (nSPS) is 10.6. The van der Waals surface area contributed by atoms with Crippen molar-refractivity contribution in [3.63, 3.8) is 0 Å². The number of nitro benzene ring substituents is 1. The smallest absolute Gasteiger partial charge is 0.312 e. The highest BCUT2D eigenvalue weighted by Gasteiger charge is 2.16. The number of nitro groups is 1. The molecule has 2 aromatic rings. The quantitative estimate of drug-likeness (QED) is 0.477. The van der Waals surface area contributed by atoms with Gasteiger partial charge in [0.05, 0.1) is 11.1 Å². The van der Waals surface area contributed by atoms with Crippen LogP contribution < -0.4 is 4.74 Å². The predicted octanol–water partition coefficient (Wildman–Crippen LogP) is 3.68. The van der Waals surface area contributed by atoms with Gasteiger partial charge in [-0.25, -0.2) is 0 Å². The second kappa shape index (κ2) is 6.51. The first kappa shape index (κ1) is 14.5. The fraction of sp³-hybridized carbons (Fsp3) is 0.133. The first-order valence-corrected chi connectivity index (χ1v) is 6.19. The van der Waals surface area contributed by atoms with Crippen LogP contribution in [-0.2, 0) is 4.84 Å². The summed E-state index contributed by atoms with van der Waals surface area (Å²) in [7, 11) is 1.40. The molecule has 0 atom stereocenters. The Bertz CT molecular complexity index is 666. The Balaban J connectivity index is 2.32. The van der Waals surface area contributed by atoms with Gasteiger partial charge in [0.1, 0.15) is 12.9 Å². The highest BCUT2D eigenvalue weighted by Crippen LogP contribution is 2.31. The molecule has 0 heterocycles. The van der Waals surface area contributed by atoms with E-state index in [1.807, 2.05) is 19.1 Å². The SMILES string of the molecule is CON=Cc1ccc(Oc2ccc(C)cc2)c([N+](=O)[O-])c1. The minimum absolute atomic E-state index is 0.129. The van der Waals surface area contributed by atoms with Crippen molar-refractivity contribution in [3.05, 3.63) is 63.7 Å². The molecule has 2 aromatic carbocycles. The van der Waals surface area contributed by atoms with Crippen LogP contribution in [0.4, 0.5) is 5.69 Å². The Morgan fingerprint density at radius 3 is 2.52 bits per heavy atom. The summed E-state index contributed by atoms with van der Waals surface area (Å²) in [6, 6.07) is 11.9. The molecule has 6 heteroatoms. The molecule has 0 saturated carbocycles. The van der Waals surface area contributed by atoms with Crippen LogP contribution in [0.15, 0.2) is 47.6 Å². The number of aryl methyl sites for hydroxylation is 1. The van der Waals surface area contributed by atoms with Gasteiger partial charge in [0.15, 0.2) is 0 Å². The Labute approximate surface area is 121 Å². The van der Waals surface area contributed by atoms with Crippen LogP contribution in [0.1, 0.15) is 11.1 Å². The number of ether oxygens (including phenoxy) is 1. The van der Waals surface area contributed by atoms with Crippen molar-refractivity contribution in [2.45, 2.75) is 6.92 Å². The van der Waals surface area contributed by atoms with Crippen molar-refractivity contribution in [1.29, 1.82) is 0 Å². The zero-order valence-electron chi connectivity index (χ0n) is 11.6. The number of hydrogen-bond donors (Lipinski definition) is 0. The van der Waals surface area contributed by atoms with Crippen molar-refractivity contribution in [2.75, 3.05) is 7.11 Å². The summed E-state index contributed by atoms with van der Waals surface area (Å²) in [4.78, 5) is 15.2. The van der Waals surface area contributed by atoms with E-state index in [2.05, 4.69) is 9.99 Å². The Morgan fingerprint density at radius 1 is 1.19 bits per heavy atom. The number of nitrogens with zero attached hydrogens (tertiary/aromatic N) is 2. The van der Waals surface area contributed by atoms with Crippen LogP contribution in [0.25, 0.3) is 0 Å². The topological polar surface area (TPSA) is 74.0 Å². The van der Waals surface area contributed by atoms with Crippen LogP contribution >= 0.6 is 0 Å². The van der Waals surface area contributed by atoms with E-state index in [0.717, 1.165) is 5.56 Å². The Hall–Kier alpha value is -2.89. The Morgan fingerprint density at radius 2 is 1.90 bits per heavy atom. The number of benzene rings is 2. The summed E-state index contributed by atoms with van der Waals surface area (Å²) in [5, 5.41) is 14.7. The molecular formula is C15H14N2O4. The summed E-state index contributed by atoms with van der Waals surface area (Å²) in [5.74, 6) is 0.723. The van der Waals surface area contributed by atoms with Gasteiger partial charge in [0.25, 0.3) is 0 Å². The second-order valence-corrected chi connectivity index (χ2v) is 4.32. The molecule has 0 unspecified atom stereocenters. The van der Waals surface area contributed by atoms with Crippen molar-refractivity contribution < 1.29 is 14.5 Å². The zero-order chi connectivity index (χ0) is 15.2. The van der Waals surface area contributed by atoms with Gasteiger partial charge in [-0.15, -0.1) is 0 Å². The molecule has 0 bridgehead atoms.